The first-order valence-electron chi connectivity index (χ1n) is 9.20. The maximum absolute atomic E-state index is 12.1. The Morgan fingerprint density at radius 1 is 1.04 bits per heavy atom. The van der Waals surface area contributed by atoms with Crippen LogP contribution in [0.25, 0.3) is 0 Å². The summed E-state index contributed by atoms with van der Waals surface area (Å²) in [6, 6.07) is 11.7. The number of hydrogen-bond donors (Lipinski definition) is 1. The van der Waals surface area contributed by atoms with Crippen molar-refractivity contribution in [1.29, 1.82) is 0 Å². The fraction of sp³-hybridized carbons (Fsp3) is 0.333. The van der Waals surface area contributed by atoms with Crippen molar-refractivity contribution in [2.24, 2.45) is 0 Å². The quantitative estimate of drug-likeness (QED) is 0.796. The number of anilines is 1. The second kappa shape index (κ2) is 7.42. The highest BCUT2D eigenvalue weighted by Gasteiger charge is 2.44. The van der Waals surface area contributed by atoms with Gasteiger partial charge in [0.15, 0.2) is 18.1 Å². The number of nitrogens with one attached hydrogen (secondary N) is 1. The highest BCUT2D eigenvalue weighted by atomic mass is 16.7. The fourth-order valence-electron chi connectivity index (χ4n) is 3.43. The van der Waals surface area contributed by atoms with E-state index in [2.05, 4.69) is 5.32 Å². The molecule has 0 saturated heterocycles. The third-order valence-corrected chi connectivity index (χ3v) is 4.84. The molecule has 1 aliphatic heterocycles. The van der Waals surface area contributed by atoms with Crippen LogP contribution in [0.15, 0.2) is 42.5 Å². The van der Waals surface area contributed by atoms with E-state index in [1.165, 1.54) is 0 Å². The van der Waals surface area contributed by atoms with E-state index in [4.69, 9.17) is 18.9 Å². The summed E-state index contributed by atoms with van der Waals surface area (Å²) in [5, 5.41) is 2.70. The van der Waals surface area contributed by atoms with Gasteiger partial charge in [0.2, 0.25) is 0 Å². The summed E-state index contributed by atoms with van der Waals surface area (Å²) in [4.78, 5) is 24.1. The lowest BCUT2D eigenvalue weighted by molar-refractivity contribution is -0.119. The van der Waals surface area contributed by atoms with Gasteiger partial charge in [0.05, 0.1) is 12.7 Å². The normalized spacial score (nSPS) is 16.0. The molecule has 1 heterocycles. The van der Waals surface area contributed by atoms with Crippen LogP contribution in [-0.4, -0.2) is 31.4 Å². The Hall–Kier alpha value is -3.22. The molecule has 0 unspecified atom stereocenters. The topological polar surface area (TPSA) is 83.1 Å². The summed E-state index contributed by atoms with van der Waals surface area (Å²) in [7, 11) is 1.54. The average Bonchev–Trinajstić information content (AvgIpc) is 3.31. The number of esters is 1. The van der Waals surface area contributed by atoms with Gasteiger partial charge in [0.1, 0.15) is 5.75 Å². The lowest BCUT2D eigenvalue weighted by Crippen LogP contribution is -2.34. The summed E-state index contributed by atoms with van der Waals surface area (Å²) >= 11 is 0. The number of amides is 1. The lowest BCUT2D eigenvalue weighted by atomic mass is 10.2. The fourth-order valence-corrected chi connectivity index (χ4v) is 3.43. The maximum atomic E-state index is 12.1. The molecule has 7 heteroatoms. The van der Waals surface area contributed by atoms with Gasteiger partial charge >= 0.3 is 5.97 Å². The molecule has 0 radical (unpaired) electrons. The Labute approximate surface area is 162 Å². The summed E-state index contributed by atoms with van der Waals surface area (Å²) in [5.41, 5.74) is 0.904. The number of carbonyl (C=O) groups excluding carboxylic acids is 2. The molecular formula is C21H21NO6. The van der Waals surface area contributed by atoms with E-state index in [0.29, 0.717) is 28.5 Å². The molecule has 0 bridgehead atoms. The van der Waals surface area contributed by atoms with E-state index in [9.17, 15) is 9.59 Å². The van der Waals surface area contributed by atoms with Gasteiger partial charge in [-0.2, -0.15) is 0 Å². The van der Waals surface area contributed by atoms with Gasteiger partial charge in [-0.3, -0.25) is 4.79 Å². The predicted octanol–water partition coefficient (Wildman–Crippen LogP) is 3.53. The van der Waals surface area contributed by atoms with Crippen molar-refractivity contribution in [1.82, 2.24) is 0 Å². The second-order valence-electron chi connectivity index (χ2n) is 6.84. The lowest BCUT2D eigenvalue weighted by Gasteiger charge is -2.21. The van der Waals surface area contributed by atoms with Crippen LogP contribution in [0.5, 0.6) is 17.2 Å². The van der Waals surface area contributed by atoms with Crippen LogP contribution in [0.1, 0.15) is 36.0 Å². The molecule has 2 aromatic rings. The van der Waals surface area contributed by atoms with Gasteiger partial charge in [-0.15, -0.1) is 0 Å². The molecule has 1 fully saturated rings. The van der Waals surface area contributed by atoms with E-state index >= 15 is 0 Å². The number of fused-ring (bicyclic) bond motifs is 1. The largest absolute Gasteiger partial charge is 0.497 e. The molecule has 2 aromatic carbocycles. The average molecular weight is 383 g/mol. The zero-order valence-corrected chi connectivity index (χ0v) is 15.5. The van der Waals surface area contributed by atoms with E-state index in [1.807, 2.05) is 0 Å². The van der Waals surface area contributed by atoms with Gasteiger partial charge < -0.3 is 24.3 Å². The molecule has 0 atom stereocenters. The van der Waals surface area contributed by atoms with Crippen LogP contribution in [0.4, 0.5) is 5.69 Å². The van der Waals surface area contributed by atoms with Gasteiger partial charge in [-0.1, -0.05) is 0 Å². The monoisotopic (exact) mass is 383 g/mol. The third kappa shape index (κ3) is 3.74. The Morgan fingerprint density at radius 2 is 1.75 bits per heavy atom. The first kappa shape index (κ1) is 18.2. The number of carbonyl (C=O) groups is 2. The summed E-state index contributed by atoms with van der Waals surface area (Å²) in [6.45, 7) is -0.386. The number of benzene rings is 2. The van der Waals surface area contributed by atoms with E-state index < -0.39 is 17.7 Å². The number of methoxy groups -OCH3 is 1. The van der Waals surface area contributed by atoms with Crippen LogP contribution in [0.2, 0.25) is 0 Å². The van der Waals surface area contributed by atoms with Crippen LogP contribution in [0.3, 0.4) is 0 Å². The van der Waals surface area contributed by atoms with Crippen molar-refractivity contribution in [3.05, 3.63) is 48.0 Å². The number of hydrogen-bond acceptors (Lipinski definition) is 6. The SMILES string of the molecule is COc1ccc(C(=O)OCC(=O)Nc2ccc3c(c2)OC2(CCCC2)O3)cc1. The first-order chi connectivity index (χ1) is 13.6. The zero-order valence-electron chi connectivity index (χ0n) is 15.5. The highest BCUT2D eigenvalue weighted by Crippen LogP contribution is 2.47. The second-order valence-corrected chi connectivity index (χ2v) is 6.84. The van der Waals surface area contributed by atoms with Crippen molar-refractivity contribution in [2.45, 2.75) is 31.5 Å². The minimum absolute atomic E-state index is 0.346. The molecule has 146 valence electrons. The Kier molecular flexibility index (Phi) is 4.81. The molecular weight excluding hydrogens is 362 g/mol. The smallest absolute Gasteiger partial charge is 0.338 e. The molecule has 7 nitrogen and oxygen atoms in total. The Morgan fingerprint density at radius 3 is 2.46 bits per heavy atom. The van der Waals surface area contributed by atoms with Crippen molar-refractivity contribution < 1.29 is 28.5 Å². The maximum Gasteiger partial charge on any atom is 0.338 e. The molecule has 1 saturated carbocycles. The van der Waals surface area contributed by atoms with E-state index in [0.717, 1.165) is 25.7 Å². The molecule has 1 spiro atoms. The molecule has 4 rings (SSSR count). The first-order valence-corrected chi connectivity index (χ1v) is 9.20. The minimum Gasteiger partial charge on any atom is -0.497 e. The van der Waals surface area contributed by atoms with Crippen LogP contribution >= 0.6 is 0 Å². The number of rotatable bonds is 5. The molecule has 1 N–H and O–H groups in total. The van der Waals surface area contributed by atoms with Gasteiger partial charge in [0, 0.05) is 24.6 Å². The van der Waals surface area contributed by atoms with Crippen LogP contribution in [0, 0.1) is 0 Å². The van der Waals surface area contributed by atoms with Crippen molar-refractivity contribution >= 4 is 17.6 Å². The molecule has 2 aliphatic rings. The predicted molar refractivity (Wildman–Crippen MR) is 101 cm³/mol. The molecule has 0 aromatic heterocycles. The molecule has 1 aliphatic carbocycles. The van der Waals surface area contributed by atoms with Crippen LogP contribution < -0.4 is 19.5 Å². The van der Waals surface area contributed by atoms with Gasteiger partial charge in [-0.05, 0) is 49.2 Å². The standard InChI is InChI=1S/C21H21NO6/c1-25-16-7-4-14(5-8-16)20(24)26-13-19(23)22-15-6-9-17-18(12-15)28-21(27-17)10-2-3-11-21/h4-9,12H,2-3,10-11,13H2,1H3,(H,22,23). The third-order valence-electron chi connectivity index (χ3n) is 4.84. The summed E-state index contributed by atoms with van der Waals surface area (Å²) in [6.07, 6.45) is 3.89. The minimum atomic E-state index is -0.577. The number of ether oxygens (including phenoxy) is 4. The van der Waals surface area contributed by atoms with Gasteiger partial charge in [-0.25, -0.2) is 4.79 Å². The Bertz CT molecular complexity index is 886. The highest BCUT2D eigenvalue weighted by molar-refractivity contribution is 5.95. The van der Waals surface area contributed by atoms with Crippen molar-refractivity contribution in [2.75, 3.05) is 19.0 Å². The van der Waals surface area contributed by atoms with Gasteiger partial charge in [0.25, 0.3) is 11.7 Å². The van der Waals surface area contributed by atoms with Crippen molar-refractivity contribution in [3.8, 4) is 17.2 Å². The van der Waals surface area contributed by atoms with Crippen molar-refractivity contribution in [3.63, 3.8) is 0 Å². The van der Waals surface area contributed by atoms with E-state index in [1.54, 1.807) is 49.6 Å². The Balaban J connectivity index is 1.31. The summed E-state index contributed by atoms with van der Waals surface area (Å²) < 4.78 is 22.0. The summed E-state index contributed by atoms with van der Waals surface area (Å²) in [5.74, 6) is 0.388. The molecule has 1 amide bonds. The van der Waals surface area contributed by atoms with Crippen LogP contribution in [-0.2, 0) is 9.53 Å². The van der Waals surface area contributed by atoms with E-state index in [-0.39, 0.29) is 6.61 Å². The zero-order chi connectivity index (χ0) is 19.6. The molecule has 28 heavy (non-hydrogen) atoms.